The Balaban J connectivity index is 3.15. The lowest BCUT2D eigenvalue weighted by molar-refractivity contribution is -0.141. The molecule has 0 spiro atoms. The summed E-state index contributed by atoms with van der Waals surface area (Å²) in [5, 5.41) is 4.87. The zero-order valence-corrected chi connectivity index (χ0v) is 6.22. The molecule has 2 nitrogen and oxygen atoms in total. The molecular weight excluding hydrogens is 181 g/mol. The van der Waals surface area contributed by atoms with Crippen LogP contribution in [0.25, 0.3) is 0 Å². The Morgan fingerprint density at radius 1 is 1.45 bits per heavy atom. The SMILES string of the molecule is Cc1c(Cl)n[nH]c1C(F)(F)F. The van der Waals surface area contributed by atoms with Crippen molar-refractivity contribution in [2.75, 3.05) is 0 Å². The second-order valence-corrected chi connectivity index (χ2v) is 2.37. The van der Waals surface area contributed by atoms with Crippen molar-refractivity contribution in [2.45, 2.75) is 13.1 Å². The van der Waals surface area contributed by atoms with Gasteiger partial charge in [-0.05, 0) is 6.92 Å². The van der Waals surface area contributed by atoms with Crippen LogP contribution in [0, 0.1) is 6.92 Å². The third kappa shape index (κ3) is 1.48. The zero-order valence-electron chi connectivity index (χ0n) is 5.46. The quantitative estimate of drug-likeness (QED) is 0.659. The Bertz CT molecular complexity index is 265. The standard InChI is InChI=1S/C5H4ClF3N2/c1-2-3(5(7,8)9)10-11-4(2)6/h1H3,(H,10,11). The van der Waals surface area contributed by atoms with Crippen LogP contribution in [0.5, 0.6) is 0 Å². The van der Waals surface area contributed by atoms with Crippen LogP contribution in [0.15, 0.2) is 0 Å². The molecule has 1 aromatic rings. The van der Waals surface area contributed by atoms with E-state index in [1.54, 1.807) is 5.10 Å². The van der Waals surface area contributed by atoms with Crippen LogP contribution in [0.1, 0.15) is 11.3 Å². The number of aromatic nitrogens is 2. The fraction of sp³-hybridized carbons (Fsp3) is 0.400. The van der Waals surface area contributed by atoms with E-state index in [1.807, 2.05) is 0 Å². The minimum Gasteiger partial charge on any atom is -0.272 e. The summed E-state index contributed by atoms with van der Waals surface area (Å²) >= 11 is 5.29. The molecule has 1 N–H and O–H groups in total. The number of H-pyrrole nitrogens is 1. The summed E-state index contributed by atoms with van der Waals surface area (Å²) in [6.45, 7) is 1.26. The topological polar surface area (TPSA) is 28.7 Å². The molecule has 0 saturated carbocycles. The molecule has 0 saturated heterocycles. The Labute approximate surface area is 65.4 Å². The van der Waals surface area contributed by atoms with Crippen molar-refractivity contribution >= 4 is 11.6 Å². The summed E-state index contributed by atoms with van der Waals surface area (Å²) in [4.78, 5) is 0. The summed E-state index contributed by atoms with van der Waals surface area (Å²) < 4.78 is 35.8. The molecule has 6 heteroatoms. The van der Waals surface area contributed by atoms with Gasteiger partial charge in [0, 0.05) is 5.56 Å². The molecule has 0 radical (unpaired) electrons. The van der Waals surface area contributed by atoms with Gasteiger partial charge in [0.2, 0.25) is 0 Å². The third-order valence-electron chi connectivity index (χ3n) is 1.23. The molecule has 0 fully saturated rings. The van der Waals surface area contributed by atoms with Crippen LogP contribution in [0.3, 0.4) is 0 Å². The first-order chi connectivity index (χ1) is 4.93. The van der Waals surface area contributed by atoms with Crippen molar-refractivity contribution in [1.82, 2.24) is 10.2 Å². The van der Waals surface area contributed by atoms with E-state index in [2.05, 4.69) is 5.10 Å². The summed E-state index contributed by atoms with van der Waals surface area (Å²) in [6, 6.07) is 0. The van der Waals surface area contributed by atoms with Crippen molar-refractivity contribution in [3.63, 3.8) is 0 Å². The van der Waals surface area contributed by atoms with Gasteiger partial charge in [-0.2, -0.15) is 18.3 Å². The lowest BCUT2D eigenvalue weighted by atomic mass is 10.3. The van der Waals surface area contributed by atoms with E-state index in [1.165, 1.54) is 6.92 Å². The molecule has 0 bridgehead atoms. The largest absolute Gasteiger partial charge is 0.433 e. The first-order valence-electron chi connectivity index (χ1n) is 2.70. The molecule has 1 aromatic heterocycles. The molecule has 0 aliphatic heterocycles. The summed E-state index contributed by atoms with van der Waals surface area (Å²) in [5.74, 6) is 0. The van der Waals surface area contributed by atoms with Crippen molar-refractivity contribution in [3.05, 3.63) is 16.4 Å². The van der Waals surface area contributed by atoms with E-state index in [9.17, 15) is 13.2 Å². The average Bonchev–Trinajstić information content (AvgIpc) is 2.11. The van der Waals surface area contributed by atoms with Crippen LogP contribution in [-0.4, -0.2) is 10.2 Å². The highest BCUT2D eigenvalue weighted by Crippen LogP contribution is 2.32. The summed E-state index contributed by atoms with van der Waals surface area (Å²) in [6.07, 6.45) is -4.40. The maximum atomic E-state index is 11.9. The lowest BCUT2D eigenvalue weighted by Gasteiger charge is -2.02. The minimum atomic E-state index is -4.40. The van der Waals surface area contributed by atoms with Crippen molar-refractivity contribution < 1.29 is 13.2 Å². The number of nitrogens with one attached hydrogen (secondary N) is 1. The van der Waals surface area contributed by atoms with E-state index >= 15 is 0 Å². The van der Waals surface area contributed by atoms with Crippen LogP contribution >= 0.6 is 11.6 Å². The lowest BCUT2D eigenvalue weighted by Crippen LogP contribution is -2.07. The molecule has 1 rings (SSSR count). The van der Waals surface area contributed by atoms with Gasteiger partial charge in [0.25, 0.3) is 0 Å². The number of aromatic amines is 1. The third-order valence-corrected chi connectivity index (χ3v) is 1.60. The van der Waals surface area contributed by atoms with Gasteiger partial charge in [-0.25, -0.2) is 0 Å². The number of halogens is 4. The van der Waals surface area contributed by atoms with Crippen molar-refractivity contribution in [3.8, 4) is 0 Å². The van der Waals surface area contributed by atoms with E-state index in [-0.39, 0.29) is 10.7 Å². The average molecular weight is 185 g/mol. The Kier molecular flexibility index (Phi) is 1.83. The Morgan fingerprint density at radius 3 is 2.18 bits per heavy atom. The van der Waals surface area contributed by atoms with Crippen LogP contribution in [-0.2, 0) is 6.18 Å². The molecule has 0 aliphatic carbocycles. The molecular formula is C5H4ClF3N2. The van der Waals surface area contributed by atoms with Crippen molar-refractivity contribution in [1.29, 1.82) is 0 Å². The van der Waals surface area contributed by atoms with E-state index in [4.69, 9.17) is 11.6 Å². The van der Waals surface area contributed by atoms with E-state index in [0.717, 1.165) is 0 Å². The summed E-state index contributed by atoms with van der Waals surface area (Å²) in [7, 11) is 0. The molecule has 0 aromatic carbocycles. The van der Waals surface area contributed by atoms with Gasteiger partial charge in [-0.15, -0.1) is 0 Å². The highest BCUT2D eigenvalue weighted by atomic mass is 35.5. The van der Waals surface area contributed by atoms with Crippen LogP contribution < -0.4 is 0 Å². The second kappa shape index (κ2) is 2.41. The van der Waals surface area contributed by atoms with Crippen LogP contribution in [0.4, 0.5) is 13.2 Å². The van der Waals surface area contributed by atoms with E-state index < -0.39 is 11.9 Å². The minimum absolute atomic E-state index is 0.0702. The first kappa shape index (κ1) is 8.39. The maximum absolute atomic E-state index is 11.9. The molecule has 1 heterocycles. The van der Waals surface area contributed by atoms with Gasteiger partial charge in [-0.3, -0.25) is 5.10 Å². The predicted octanol–water partition coefficient (Wildman–Crippen LogP) is 2.39. The van der Waals surface area contributed by atoms with Gasteiger partial charge >= 0.3 is 6.18 Å². The normalized spacial score (nSPS) is 12.1. The Morgan fingerprint density at radius 2 is 2.00 bits per heavy atom. The monoisotopic (exact) mass is 184 g/mol. The number of rotatable bonds is 0. The molecule has 62 valence electrons. The first-order valence-corrected chi connectivity index (χ1v) is 3.08. The van der Waals surface area contributed by atoms with Crippen LogP contribution in [0.2, 0.25) is 5.15 Å². The molecule has 0 atom stereocenters. The number of alkyl halides is 3. The van der Waals surface area contributed by atoms with Gasteiger partial charge in [0.15, 0.2) is 5.15 Å². The predicted molar refractivity (Wildman–Crippen MR) is 33.3 cm³/mol. The van der Waals surface area contributed by atoms with Gasteiger partial charge in [0.05, 0.1) is 0 Å². The number of hydrogen-bond donors (Lipinski definition) is 1. The van der Waals surface area contributed by atoms with Crippen molar-refractivity contribution in [2.24, 2.45) is 0 Å². The number of nitrogens with zero attached hydrogens (tertiary/aromatic N) is 1. The fourth-order valence-corrected chi connectivity index (χ4v) is 0.789. The Hall–Kier alpha value is -0.710. The van der Waals surface area contributed by atoms with Gasteiger partial charge < -0.3 is 0 Å². The molecule has 0 aliphatic rings. The molecule has 0 amide bonds. The number of hydrogen-bond acceptors (Lipinski definition) is 1. The molecule has 11 heavy (non-hydrogen) atoms. The smallest absolute Gasteiger partial charge is 0.272 e. The fourth-order valence-electron chi connectivity index (χ4n) is 0.652. The van der Waals surface area contributed by atoms with E-state index in [0.29, 0.717) is 0 Å². The summed E-state index contributed by atoms with van der Waals surface area (Å²) in [5.41, 5.74) is -0.957. The van der Waals surface area contributed by atoms with Gasteiger partial charge in [-0.1, -0.05) is 11.6 Å². The second-order valence-electron chi connectivity index (χ2n) is 2.01. The zero-order chi connectivity index (χ0) is 8.65. The highest BCUT2D eigenvalue weighted by molar-refractivity contribution is 6.30. The molecule has 0 unspecified atom stereocenters. The highest BCUT2D eigenvalue weighted by Gasteiger charge is 2.35. The van der Waals surface area contributed by atoms with Gasteiger partial charge in [0.1, 0.15) is 5.69 Å². The maximum Gasteiger partial charge on any atom is 0.433 e.